The van der Waals surface area contributed by atoms with Crippen LogP contribution in [0, 0.1) is 11.6 Å². The highest BCUT2D eigenvalue weighted by molar-refractivity contribution is 9.10. The number of halogens is 3. The molecule has 1 atom stereocenters. The molecule has 1 N–H and O–H groups in total. The first kappa shape index (κ1) is 13.4. The molecule has 2 aromatic rings. The summed E-state index contributed by atoms with van der Waals surface area (Å²) in [4.78, 5) is 0. The van der Waals surface area contributed by atoms with Gasteiger partial charge in [0.1, 0.15) is 17.4 Å². The fourth-order valence-corrected chi connectivity index (χ4v) is 2.69. The molecule has 0 aliphatic carbocycles. The van der Waals surface area contributed by atoms with Crippen LogP contribution in [0.25, 0.3) is 0 Å². The van der Waals surface area contributed by atoms with Gasteiger partial charge in [-0.15, -0.1) is 0 Å². The minimum atomic E-state index is -0.463. The predicted octanol–water partition coefficient (Wildman–Crippen LogP) is 4.66. The first-order valence-corrected chi connectivity index (χ1v) is 7.06. The summed E-state index contributed by atoms with van der Waals surface area (Å²) in [6, 6.07) is 8.99. The minimum Gasteiger partial charge on any atom is -0.493 e. The lowest BCUT2D eigenvalue weighted by Crippen LogP contribution is -2.21. The molecule has 5 heteroatoms. The monoisotopic (exact) mass is 339 g/mol. The Balaban J connectivity index is 1.93. The number of benzene rings is 2. The van der Waals surface area contributed by atoms with Gasteiger partial charge in [0.25, 0.3) is 0 Å². The van der Waals surface area contributed by atoms with Gasteiger partial charge in [-0.2, -0.15) is 0 Å². The number of hydrogen-bond acceptors (Lipinski definition) is 2. The molecule has 1 heterocycles. The molecule has 0 bridgehead atoms. The van der Waals surface area contributed by atoms with Crippen molar-refractivity contribution in [2.75, 3.05) is 11.9 Å². The first-order valence-electron chi connectivity index (χ1n) is 6.27. The summed E-state index contributed by atoms with van der Waals surface area (Å²) in [6.07, 6.45) is 0.694. The van der Waals surface area contributed by atoms with Gasteiger partial charge in [-0.05, 0) is 36.4 Å². The molecule has 20 heavy (non-hydrogen) atoms. The van der Waals surface area contributed by atoms with E-state index >= 15 is 0 Å². The van der Waals surface area contributed by atoms with E-state index in [2.05, 4.69) is 21.2 Å². The van der Waals surface area contributed by atoms with Crippen LogP contribution in [0.2, 0.25) is 0 Å². The molecule has 2 aromatic carbocycles. The maximum Gasteiger partial charge on any atom is 0.146 e. The summed E-state index contributed by atoms with van der Waals surface area (Å²) >= 11 is 3.41. The second kappa shape index (κ2) is 5.40. The summed E-state index contributed by atoms with van der Waals surface area (Å²) in [5.74, 6) is -0.154. The van der Waals surface area contributed by atoms with Crippen LogP contribution >= 0.6 is 15.9 Å². The summed E-state index contributed by atoms with van der Waals surface area (Å²) in [7, 11) is 0. The number of ether oxygens (including phenoxy) is 1. The second-order valence-electron chi connectivity index (χ2n) is 4.64. The van der Waals surface area contributed by atoms with Gasteiger partial charge in [0.2, 0.25) is 0 Å². The number of hydrogen-bond donors (Lipinski definition) is 1. The van der Waals surface area contributed by atoms with Crippen molar-refractivity contribution in [2.45, 2.75) is 12.5 Å². The fraction of sp³-hybridized carbons (Fsp3) is 0.200. The van der Waals surface area contributed by atoms with Gasteiger partial charge in [-0.25, -0.2) is 8.78 Å². The molecule has 1 aliphatic rings. The largest absolute Gasteiger partial charge is 0.493 e. The molecular weight excluding hydrogens is 328 g/mol. The molecule has 0 radical (unpaired) electrons. The van der Waals surface area contributed by atoms with Crippen LogP contribution in [-0.4, -0.2) is 6.61 Å². The van der Waals surface area contributed by atoms with Crippen LogP contribution < -0.4 is 10.1 Å². The van der Waals surface area contributed by atoms with E-state index in [1.807, 2.05) is 18.2 Å². The third kappa shape index (κ3) is 2.63. The Morgan fingerprint density at radius 1 is 1.15 bits per heavy atom. The summed E-state index contributed by atoms with van der Waals surface area (Å²) < 4.78 is 33.4. The van der Waals surface area contributed by atoms with Crippen LogP contribution in [-0.2, 0) is 0 Å². The third-order valence-corrected chi connectivity index (χ3v) is 3.76. The SMILES string of the molecule is Fc1ccc(F)c(NC2CCOc3ccc(Br)cc32)c1. The van der Waals surface area contributed by atoms with Gasteiger partial charge in [0.05, 0.1) is 18.3 Å². The van der Waals surface area contributed by atoms with Gasteiger partial charge < -0.3 is 10.1 Å². The normalized spacial score (nSPS) is 17.2. The Kier molecular flexibility index (Phi) is 3.61. The number of rotatable bonds is 2. The standard InChI is InChI=1S/C15H12BrF2NO/c16-9-1-4-15-11(7-9)13(5-6-20-15)19-14-8-10(17)2-3-12(14)18/h1-4,7-8,13,19H,5-6H2. The van der Waals surface area contributed by atoms with Gasteiger partial charge in [-0.1, -0.05) is 15.9 Å². The van der Waals surface area contributed by atoms with Gasteiger partial charge in [0.15, 0.2) is 0 Å². The molecule has 0 spiro atoms. The molecule has 3 rings (SSSR count). The van der Waals surface area contributed by atoms with Crippen molar-refractivity contribution in [2.24, 2.45) is 0 Å². The molecule has 0 saturated carbocycles. The summed E-state index contributed by atoms with van der Waals surface area (Å²) in [6.45, 7) is 0.545. The van der Waals surface area contributed by atoms with Gasteiger partial charge >= 0.3 is 0 Å². The van der Waals surface area contributed by atoms with Gasteiger partial charge in [0, 0.05) is 16.5 Å². The molecule has 2 nitrogen and oxygen atoms in total. The highest BCUT2D eigenvalue weighted by Gasteiger charge is 2.22. The van der Waals surface area contributed by atoms with E-state index in [1.165, 1.54) is 6.07 Å². The fourth-order valence-electron chi connectivity index (χ4n) is 2.31. The van der Waals surface area contributed by atoms with Crippen molar-refractivity contribution in [3.63, 3.8) is 0 Å². The van der Waals surface area contributed by atoms with Crippen molar-refractivity contribution in [3.05, 3.63) is 58.1 Å². The first-order chi connectivity index (χ1) is 9.63. The van der Waals surface area contributed by atoms with Gasteiger partial charge in [-0.3, -0.25) is 0 Å². The lowest BCUT2D eigenvalue weighted by Gasteiger charge is -2.27. The zero-order chi connectivity index (χ0) is 14.1. The minimum absolute atomic E-state index is 0.104. The van der Waals surface area contributed by atoms with E-state index in [0.717, 1.165) is 27.9 Å². The van der Waals surface area contributed by atoms with Crippen LogP contribution in [0.5, 0.6) is 5.75 Å². The second-order valence-corrected chi connectivity index (χ2v) is 5.56. The van der Waals surface area contributed by atoms with E-state index in [9.17, 15) is 8.78 Å². The topological polar surface area (TPSA) is 21.3 Å². The Bertz CT molecular complexity index is 648. The third-order valence-electron chi connectivity index (χ3n) is 3.27. The Hall–Kier alpha value is -1.62. The van der Waals surface area contributed by atoms with E-state index in [0.29, 0.717) is 13.0 Å². The lowest BCUT2D eigenvalue weighted by molar-refractivity contribution is 0.274. The molecule has 0 fully saturated rings. The zero-order valence-corrected chi connectivity index (χ0v) is 12.1. The molecule has 1 unspecified atom stereocenters. The van der Waals surface area contributed by atoms with E-state index in [1.54, 1.807) is 0 Å². The highest BCUT2D eigenvalue weighted by atomic mass is 79.9. The zero-order valence-electron chi connectivity index (χ0n) is 10.5. The van der Waals surface area contributed by atoms with Crippen LogP contribution in [0.1, 0.15) is 18.0 Å². The average Bonchev–Trinajstić information content (AvgIpc) is 2.43. The molecule has 104 valence electrons. The number of anilines is 1. The van der Waals surface area contributed by atoms with Crippen LogP contribution in [0.4, 0.5) is 14.5 Å². The Labute approximate surface area is 123 Å². The molecule has 0 amide bonds. The lowest BCUT2D eigenvalue weighted by atomic mass is 10.0. The van der Waals surface area contributed by atoms with Crippen molar-refractivity contribution >= 4 is 21.6 Å². The number of nitrogens with one attached hydrogen (secondary N) is 1. The number of fused-ring (bicyclic) bond motifs is 1. The average molecular weight is 340 g/mol. The molecular formula is C15H12BrF2NO. The predicted molar refractivity (Wildman–Crippen MR) is 77.0 cm³/mol. The van der Waals surface area contributed by atoms with Crippen LogP contribution in [0.15, 0.2) is 40.9 Å². The smallest absolute Gasteiger partial charge is 0.146 e. The summed E-state index contributed by atoms with van der Waals surface area (Å²) in [5.41, 5.74) is 1.11. The Morgan fingerprint density at radius 3 is 2.85 bits per heavy atom. The quantitative estimate of drug-likeness (QED) is 0.858. The molecule has 0 saturated heterocycles. The maximum absolute atomic E-state index is 13.7. The molecule has 0 aromatic heterocycles. The molecule has 1 aliphatic heterocycles. The van der Waals surface area contributed by atoms with E-state index < -0.39 is 11.6 Å². The summed E-state index contributed by atoms with van der Waals surface area (Å²) in [5, 5.41) is 3.06. The Morgan fingerprint density at radius 2 is 2.00 bits per heavy atom. The van der Waals surface area contributed by atoms with E-state index in [-0.39, 0.29) is 11.7 Å². The van der Waals surface area contributed by atoms with Crippen molar-refractivity contribution in [1.29, 1.82) is 0 Å². The maximum atomic E-state index is 13.7. The van der Waals surface area contributed by atoms with Crippen molar-refractivity contribution < 1.29 is 13.5 Å². The van der Waals surface area contributed by atoms with E-state index in [4.69, 9.17) is 4.74 Å². The highest BCUT2D eigenvalue weighted by Crippen LogP contribution is 2.36. The van der Waals surface area contributed by atoms with Crippen molar-refractivity contribution in [1.82, 2.24) is 0 Å². The van der Waals surface area contributed by atoms with Crippen molar-refractivity contribution in [3.8, 4) is 5.75 Å². The van der Waals surface area contributed by atoms with Crippen LogP contribution in [0.3, 0.4) is 0 Å².